The molecule has 1 heterocycles. The molecule has 0 saturated carbocycles. The quantitative estimate of drug-likeness (QED) is 0.635. The minimum atomic E-state index is -4.92. The van der Waals surface area contributed by atoms with Crippen LogP contribution in [0.25, 0.3) is 0 Å². The number of aromatic nitrogens is 1. The van der Waals surface area contributed by atoms with E-state index in [-0.39, 0.29) is 0 Å². The first kappa shape index (κ1) is 15.8. The maximum absolute atomic E-state index is 12.8. The van der Waals surface area contributed by atoms with Crippen LogP contribution in [0, 0.1) is 11.3 Å². The Hall–Kier alpha value is -2.24. The lowest BCUT2D eigenvalue weighted by molar-refractivity contribution is -0.142. The molecule has 1 aromatic heterocycles. The molecule has 4 nitrogen and oxygen atoms in total. The number of rotatable bonds is 3. The molecule has 0 bridgehead atoms. The molecule has 0 radical (unpaired) electrons. The van der Waals surface area contributed by atoms with Gasteiger partial charge >= 0.3 is 12.1 Å². The van der Waals surface area contributed by atoms with Gasteiger partial charge in [0.05, 0.1) is 19.1 Å². The second-order valence-corrected chi connectivity index (χ2v) is 3.59. The number of hydrogen-bond acceptors (Lipinski definition) is 4. The maximum Gasteiger partial charge on any atom is 0.433 e. The molecule has 108 valence electrons. The Balaban J connectivity index is 3.51. The number of carbonyl (C=O) groups excluding carboxylic acids is 1. The van der Waals surface area contributed by atoms with Gasteiger partial charge in [-0.15, -0.1) is 0 Å². The third kappa shape index (κ3) is 3.40. The summed E-state index contributed by atoms with van der Waals surface area (Å²) in [6.45, 7) is 0. The third-order valence-corrected chi connectivity index (χ3v) is 2.32. The van der Waals surface area contributed by atoms with Gasteiger partial charge in [0.25, 0.3) is 6.43 Å². The van der Waals surface area contributed by atoms with Crippen LogP contribution < -0.4 is 0 Å². The zero-order valence-electron chi connectivity index (χ0n) is 9.96. The average molecular weight is 294 g/mol. The van der Waals surface area contributed by atoms with E-state index in [9.17, 15) is 26.7 Å². The van der Waals surface area contributed by atoms with Crippen LogP contribution in [-0.2, 0) is 22.1 Å². The Morgan fingerprint density at radius 1 is 1.50 bits per heavy atom. The minimum Gasteiger partial charge on any atom is -0.469 e. The molecule has 0 spiro atoms. The summed E-state index contributed by atoms with van der Waals surface area (Å²) >= 11 is 0. The van der Waals surface area contributed by atoms with Gasteiger partial charge in [-0.1, -0.05) is 0 Å². The third-order valence-electron chi connectivity index (χ3n) is 2.32. The van der Waals surface area contributed by atoms with E-state index in [1.807, 2.05) is 0 Å². The summed E-state index contributed by atoms with van der Waals surface area (Å²) in [7, 11) is 0.960. The van der Waals surface area contributed by atoms with Crippen molar-refractivity contribution in [3.63, 3.8) is 0 Å². The molecular formula is C11H7F5N2O2. The average Bonchev–Trinajstić information content (AvgIpc) is 2.35. The molecule has 1 aromatic rings. The SMILES string of the molecule is COC(=O)Cc1cc(C(F)(F)F)nc(C#N)c1C(F)F. The Morgan fingerprint density at radius 3 is 2.50 bits per heavy atom. The van der Waals surface area contributed by atoms with Crippen molar-refractivity contribution >= 4 is 5.97 Å². The molecule has 0 amide bonds. The fourth-order valence-corrected chi connectivity index (χ4v) is 1.46. The molecule has 9 heteroatoms. The number of ether oxygens (including phenoxy) is 1. The number of methoxy groups -OCH3 is 1. The summed E-state index contributed by atoms with van der Waals surface area (Å²) in [6, 6.07) is 1.50. The number of nitrogens with zero attached hydrogens (tertiary/aromatic N) is 2. The van der Waals surface area contributed by atoms with E-state index in [4.69, 9.17) is 5.26 Å². The van der Waals surface area contributed by atoms with Crippen molar-refractivity contribution in [1.82, 2.24) is 4.98 Å². The van der Waals surface area contributed by atoms with Gasteiger partial charge in [0.15, 0.2) is 0 Å². The molecule has 0 aromatic carbocycles. The molecule has 0 aliphatic carbocycles. The van der Waals surface area contributed by atoms with Crippen LogP contribution in [-0.4, -0.2) is 18.1 Å². The van der Waals surface area contributed by atoms with Crippen molar-refractivity contribution < 1.29 is 31.5 Å². The van der Waals surface area contributed by atoms with E-state index in [0.717, 1.165) is 7.11 Å². The van der Waals surface area contributed by atoms with Crippen molar-refractivity contribution in [3.8, 4) is 6.07 Å². The van der Waals surface area contributed by atoms with Crippen LogP contribution in [0.15, 0.2) is 6.07 Å². The monoisotopic (exact) mass is 294 g/mol. The smallest absolute Gasteiger partial charge is 0.433 e. The highest BCUT2D eigenvalue weighted by atomic mass is 19.4. The lowest BCUT2D eigenvalue weighted by Crippen LogP contribution is -2.15. The number of esters is 1. The molecular weight excluding hydrogens is 287 g/mol. The fraction of sp³-hybridized carbons (Fsp3) is 0.364. The molecule has 0 fully saturated rings. The molecule has 1 rings (SSSR count). The number of pyridine rings is 1. The minimum absolute atomic E-state index is 0.319. The van der Waals surface area contributed by atoms with Crippen molar-refractivity contribution in [2.45, 2.75) is 19.0 Å². The van der Waals surface area contributed by atoms with Crippen LogP contribution in [0.5, 0.6) is 0 Å². The Morgan fingerprint density at radius 2 is 2.10 bits per heavy atom. The predicted octanol–water partition coefficient (Wildman–Crippen LogP) is 2.63. The maximum atomic E-state index is 12.8. The summed E-state index contributed by atoms with van der Waals surface area (Å²) < 4.78 is 67.6. The van der Waals surface area contributed by atoms with Gasteiger partial charge in [0.1, 0.15) is 17.5 Å². The molecule has 0 unspecified atom stereocenters. The van der Waals surface area contributed by atoms with Gasteiger partial charge in [-0.05, 0) is 11.6 Å². The zero-order valence-corrected chi connectivity index (χ0v) is 9.96. The van der Waals surface area contributed by atoms with Crippen molar-refractivity contribution in [1.29, 1.82) is 5.26 Å². The van der Waals surface area contributed by atoms with Gasteiger partial charge in [-0.2, -0.15) is 18.4 Å². The van der Waals surface area contributed by atoms with E-state index in [1.165, 1.54) is 6.07 Å². The number of nitriles is 1. The van der Waals surface area contributed by atoms with E-state index in [0.29, 0.717) is 6.07 Å². The van der Waals surface area contributed by atoms with Gasteiger partial charge in [0, 0.05) is 0 Å². The topological polar surface area (TPSA) is 63.0 Å². The summed E-state index contributed by atoms with van der Waals surface area (Å²) in [5, 5.41) is 8.64. The zero-order chi connectivity index (χ0) is 15.5. The van der Waals surface area contributed by atoms with Crippen LogP contribution in [0.3, 0.4) is 0 Å². The summed E-state index contributed by atoms with van der Waals surface area (Å²) in [5.41, 5.74) is -4.21. The lowest BCUT2D eigenvalue weighted by Gasteiger charge is -2.13. The second kappa shape index (κ2) is 5.81. The normalized spacial score (nSPS) is 11.3. The van der Waals surface area contributed by atoms with E-state index in [2.05, 4.69) is 9.72 Å². The summed E-state index contributed by atoms with van der Waals surface area (Å²) in [5.74, 6) is -1.00. The van der Waals surface area contributed by atoms with E-state index in [1.54, 1.807) is 0 Å². The Bertz CT molecular complexity index is 563. The van der Waals surface area contributed by atoms with Crippen LogP contribution in [0.1, 0.15) is 28.9 Å². The van der Waals surface area contributed by atoms with Gasteiger partial charge in [0.2, 0.25) is 0 Å². The van der Waals surface area contributed by atoms with Gasteiger partial charge in [-0.25, -0.2) is 13.8 Å². The highest BCUT2D eigenvalue weighted by Crippen LogP contribution is 2.33. The lowest BCUT2D eigenvalue weighted by atomic mass is 10.0. The van der Waals surface area contributed by atoms with Crippen LogP contribution >= 0.6 is 0 Å². The Labute approximate surface area is 109 Å². The van der Waals surface area contributed by atoms with Crippen LogP contribution in [0.4, 0.5) is 22.0 Å². The first-order valence-corrected chi connectivity index (χ1v) is 5.06. The van der Waals surface area contributed by atoms with E-state index >= 15 is 0 Å². The highest BCUT2D eigenvalue weighted by molar-refractivity contribution is 5.73. The number of alkyl halides is 5. The first-order chi connectivity index (χ1) is 9.20. The molecule has 0 saturated heterocycles. The highest BCUT2D eigenvalue weighted by Gasteiger charge is 2.35. The first-order valence-electron chi connectivity index (χ1n) is 5.06. The number of halogens is 5. The second-order valence-electron chi connectivity index (χ2n) is 3.59. The van der Waals surface area contributed by atoms with Crippen molar-refractivity contribution in [2.75, 3.05) is 7.11 Å². The summed E-state index contributed by atoms with van der Waals surface area (Å²) in [4.78, 5) is 13.9. The standard InChI is InChI=1S/C11H7F5N2O2/c1-20-8(19)3-5-2-7(11(14,15)16)18-6(4-17)9(5)10(12)13/h2,10H,3H2,1H3. The fourth-order valence-electron chi connectivity index (χ4n) is 1.46. The Kier molecular flexibility index (Phi) is 4.60. The predicted molar refractivity (Wildman–Crippen MR) is 54.6 cm³/mol. The molecule has 0 aliphatic heterocycles. The molecule has 20 heavy (non-hydrogen) atoms. The number of hydrogen-bond donors (Lipinski definition) is 0. The largest absolute Gasteiger partial charge is 0.469 e. The molecule has 0 atom stereocenters. The van der Waals surface area contributed by atoms with E-state index < -0.39 is 47.5 Å². The molecule has 0 N–H and O–H groups in total. The van der Waals surface area contributed by atoms with Gasteiger partial charge < -0.3 is 4.74 Å². The van der Waals surface area contributed by atoms with Crippen LogP contribution in [0.2, 0.25) is 0 Å². The van der Waals surface area contributed by atoms with Gasteiger partial charge in [-0.3, -0.25) is 4.79 Å². The van der Waals surface area contributed by atoms with Crippen molar-refractivity contribution in [2.24, 2.45) is 0 Å². The van der Waals surface area contributed by atoms with Crippen molar-refractivity contribution in [3.05, 3.63) is 28.6 Å². The molecule has 0 aliphatic rings. The summed E-state index contributed by atoms with van der Waals surface area (Å²) in [6.07, 6.45) is -8.97. The number of carbonyl (C=O) groups is 1.